The molecule has 140 valence electrons. The Morgan fingerprint density at radius 3 is 2.78 bits per heavy atom. The van der Waals surface area contributed by atoms with E-state index in [0.29, 0.717) is 18.7 Å². The van der Waals surface area contributed by atoms with Crippen molar-refractivity contribution in [3.05, 3.63) is 59.9 Å². The zero-order chi connectivity index (χ0) is 18.6. The molecule has 0 aliphatic carbocycles. The lowest BCUT2D eigenvalue weighted by Crippen LogP contribution is -2.32. The van der Waals surface area contributed by atoms with Gasteiger partial charge >= 0.3 is 0 Å². The Hall–Kier alpha value is -2.95. The second kappa shape index (κ2) is 7.74. The smallest absolute Gasteiger partial charge is 0.231 e. The Morgan fingerprint density at radius 2 is 1.93 bits per heavy atom. The van der Waals surface area contributed by atoms with Gasteiger partial charge in [-0.1, -0.05) is 37.6 Å². The van der Waals surface area contributed by atoms with Crippen LogP contribution in [0.3, 0.4) is 0 Å². The van der Waals surface area contributed by atoms with Gasteiger partial charge in [-0.15, -0.1) is 0 Å². The van der Waals surface area contributed by atoms with Crippen molar-refractivity contribution < 1.29 is 18.7 Å². The predicted octanol–water partition coefficient (Wildman–Crippen LogP) is 4.53. The number of benzene rings is 2. The molecule has 1 aliphatic heterocycles. The molecular weight excluding hydrogens is 342 g/mol. The lowest BCUT2D eigenvalue weighted by atomic mass is 10.1. The zero-order valence-electron chi connectivity index (χ0n) is 15.4. The SMILES string of the molecule is CCCCN(Cc1cc2ccccc2o1)C(=O)Cc1ccc2c(c1)OCO2. The first-order valence-electron chi connectivity index (χ1n) is 9.36. The predicted molar refractivity (Wildman–Crippen MR) is 103 cm³/mol. The highest BCUT2D eigenvalue weighted by Gasteiger charge is 2.19. The third-order valence-electron chi connectivity index (χ3n) is 4.75. The molecule has 3 aromatic rings. The van der Waals surface area contributed by atoms with Crippen LogP contribution in [0, 0.1) is 0 Å². The Balaban J connectivity index is 1.49. The third kappa shape index (κ3) is 3.92. The quantitative estimate of drug-likeness (QED) is 0.617. The fourth-order valence-corrected chi connectivity index (χ4v) is 3.28. The van der Waals surface area contributed by atoms with Crippen molar-refractivity contribution in [1.29, 1.82) is 0 Å². The lowest BCUT2D eigenvalue weighted by Gasteiger charge is -2.21. The summed E-state index contributed by atoms with van der Waals surface area (Å²) in [6.45, 7) is 3.57. The average molecular weight is 365 g/mol. The average Bonchev–Trinajstić information content (AvgIpc) is 3.30. The Bertz CT molecular complexity index is 913. The van der Waals surface area contributed by atoms with E-state index in [1.807, 2.05) is 53.4 Å². The van der Waals surface area contributed by atoms with Crippen LogP contribution >= 0.6 is 0 Å². The summed E-state index contributed by atoms with van der Waals surface area (Å²) in [5.74, 6) is 2.34. The number of fused-ring (bicyclic) bond motifs is 2. The van der Waals surface area contributed by atoms with E-state index < -0.39 is 0 Å². The molecule has 2 heterocycles. The molecule has 5 heteroatoms. The first kappa shape index (κ1) is 17.5. The monoisotopic (exact) mass is 365 g/mol. The van der Waals surface area contributed by atoms with Crippen LogP contribution in [-0.4, -0.2) is 24.1 Å². The molecule has 0 N–H and O–H groups in total. The van der Waals surface area contributed by atoms with E-state index in [4.69, 9.17) is 13.9 Å². The van der Waals surface area contributed by atoms with Gasteiger partial charge in [0.2, 0.25) is 12.7 Å². The molecule has 27 heavy (non-hydrogen) atoms. The van der Waals surface area contributed by atoms with Gasteiger partial charge in [-0.25, -0.2) is 0 Å². The van der Waals surface area contributed by atoms with Gasteiger partial charge in [0.05, 0.1) is 13.0 Å². The van der Waals surface area contributed by atoms with Crippen molar-refractivity contribution in [3.63, 3.8) is 0 Å². The van der Waals surface area contributed by atoms with Crippen molar-refractivity contribution >= 4 is 16.9 Å². The summed E-state index contributed by atoms with van der Waals surface area (Å²) < 4.78 is 16.7. The van der Waals surface area contributed by atoms with Crippen molar-refractivity contribution in [2.75, 3.05) is 13.3 Å². The maximum atomic E-state index is 13.0. The van der Waals surface area contributed by atoms with Gasteiger partial charge < -0.3 is 18.8 Å². The number of carbonyl (C=O) groups excluding carboxylic acids is 1. The highest BCUT2D eigenvalue weighted by Crippen LogP contribution is 2.32. The number of ether oxygens (including phenoxy) is 2. The summed E-state index contributed by atoms with van der Waals surface area (Å²) >= 11 is 0. The normalized spacial score (nSPS) is 12.5. The fourth-order valence-electron chi connectivity index (χ4n) is 3.28. The van der Waals surface area contributed by atoms with Gasteiger partial charge in [0.15, 0.2) is 11.5 Å². The second-order valence-corrected chi connectivity index (χ2v) is 6.78. The molecule has 0 spiro atoms. The van der Waals surface area contributed by atoms with Crippen LogP contribution in [0.15, 0.2) is 52.9 Å². The number of hydrogen-bond acceptors (Lipinski definition) is 4. The van der Waals surface area contributed by atoms with Crippen LogP contribution < -0.4 is 9.47 Å². The minimum atomic E-state index is 0.0859. The van der Waals surface area contributed by atoms with Gasteiger partial charge in [0, 0.05) is 11.9 Å². The molecule has 0 fully saturated rings. The van der Waals surface area contributed by atoms with E-state index in [0.717, 1.165) is 47.4 Å². The van der Waals surface area contributed by atoms with E-state index in [-0.39, 0.29) is 12.7 Å². The highest BCUT2D eigenvalue weighted by molar-refractivity contribution is 5.80. The van der Waals surface area contributed by atoms with Gasteiger partial charge in [-0.05, 0) is 36.2 Å². The summed E-state index contributed by atoms with van der Waals surface area (Å²) in [6.07, 6.45) is 2.33. The molecule has 0 unspecified atom stereocenters. The molecule has 0 bridgehead atoms. The van der Waals surface area contributed by atoms with Crippen molar-refractivity contribution in [1.82, 2.24) is 4.90 Å². The Labute approximate surface area is 158 Å². The zero-order valence-corrected chi connectivity index (χ0v) is 15.4. The number of unbranched alkanes of at least 4 members (excludes halogenated alkanes) is 1. The molecule has 5 nitrogen and oxygen atoms in total. The maximum absolute atomic E-state index is 13.0. The van der Waals surface area contributed by atoms with Crippen LogP contribution in [0.5, 0.6) is 11.5 Å². The van der Waals surface area contributed by atoms with Gasteiger partial charge in [-0.3, -0.25) is 4.79 Å². The molecule has 1 amide bonds. The van der Waals surface area contributed by atoms with Crippen LogP contribution in [0.4, 0.5) is 0 Å². The number of rotatable bonds is 7. The number of nitrogens with zero attached hydrogens (tertiary/aromatic N) is 1. The van der Waals surface area contributed by atoms with Crippen LogP contribution in [0.25, 0.3) is 11.0 Å². The van der Waals surface area contributed by atoms with E-state index in [2.05, 4.69) is 6.92 Å². The topological polar surface area (TPSA) is 51.9 Å². The fraction of sp³-hybridized carbons (Fsp3) is 0.318. The third-order valence-corrected chi connectivity index (χ3v) is 4.75. The second-order valence-electron chi connectivity index (χ2n) is 6.78. The molecule has 2 aromatic carbocycles. The number of carbonyl (C=O) groups is 1. The van der Waals surface area contributed by atoms with Crippen LogP contribution in [0.1, 0.15) is 31.1 Å². The molecule has 1 aliphatic rings. The summed E-state index contributed by atoms with van der Waals surface area (Å²) in [7, 11) is 0. The molecular formula is C22H23NO4. The van der Waals surface area contributed by atoms with E-state index in [9.17, 15) is 4.79 Å². The number of para-hydroxylation sites is 1. The lowest BCUT2D eigenvalue weighted by molar-refractivity contribution is -0.131. The van der Waals surface area contributed by atoms with Gasteiger partial charge in [0.1, 0.15) is 11.3 Å². The summed E-state index contributed by atoms with van der Waals surface area (Å²) in [4.78, 5) is 14.8. The summed E-state index contributed by atoms with van der Waals surface area (Å²) in [6, 6.07) is 15.6. The molecule has 4 rings (SSSR count). The molecule has 0 radical (unpaired) electrons. The van der Waals surface area contributed by atoms with Crippen molar-refractivity contribution in [3.8, 4) is 11.5 Å². The molecule has 0 saturated carbocycles. The molecule has 1 aromatic heterocycles. The van der Waals surface area contributed by atoms with Gasteiger partial charge in [0.25, 0.3) is 0 Å². The first-order chi connectivity index (χ1) is 13.2. The Kier molecular flexibility index (Phi) is 5.01. The van der Waals surface area contributed by atoms with Gasteiger partial charge in [-0.2, -0.15) is 0 Å². The number of amides is 1. The van der Waals surface area contributed by atoms with Crippen LogP contribution in [0.2, 0.25) is 0 Å². The summed E-state index contributed by atoms with van der Waals surface area (Å²) in [5, 5.41) is 1.06. The van der Waals surface area contributed by atoms with Crippen molar-refractivity contribution in [2.24, 2.45) is 0 Å². The minimum absolute atomic E-state index is 0.0859. The highest BCUT2D eigenvalue weighted by atomic mass is 16.7. The van der Waals surface area contributed by atoms with E-state index >= 15 is 0 Å². The number of furan rings is 1. The summed E-state index contributed by atoms with van der Waals surface area (Å²) in [5.41, 5.74) is 1.78. The van der Waals surface area contributed by atoms with E-state index in [1.165, 1.54) is 0 Å². The Morgan fingerprint density at radius 1 is 1.07 bits per heavy atom. The standard InChI is InChI=1S/C22H23NO4/c1-2-3-10-23(14-18-13-17-6-4-5-7-19(17)27-18)22(24)12-16-8-9-20-21(11-16)26-15-25-20/h4-9,11,13H,2-3,10,12,14-15H2,1H3. The first-order valence-corrected chi connectivity index (χ1v) is 9.36. The minimum Gasteiger partial charge on any atom is -0.459 e. The van der Waals surface area contributed by atoms with E-state index in [1.54, 1.807) is 0 Å². The number of hydrogen-bond donors (Lipinski definition) is 0. The van der Waals surface area contributed by atoms with Crippen LogP contribution in [-0.2, 0) is 17.8 Å². The van der Waals surface area contributed by atoms with Crippen molar-refractivity contribution in [2.45, 2.75) is 32.7 Å². The maximum Gasteiger partial charge on any atom is 0.231 e. The largest absolute Gasteiger partial charge is 0.459 e. The molecule has 0 atom stereocenters. The molecule has 0 saturated heterocycles.